The molecular formula is C27H36N2O5Si. The van der Waals surface area contributed by atoms with Gasteiger partial charge in [-0.25, -0.2) is 0 Å². The molecule has 35 heavy (non-hydrogen) atoms. The molecular weight excluding hydrogens is 460 g/mol. The molecule has 7 nitrogen and oxygen atoms in total. The van der Waals surface area contributed by atoms with Crippen molar-refractivity contribution in [3.05, 3.63) is 59.4 Å². The molecule has 0 bridgehead atoms. The van der Waals surface area contributed by atoms with E-state index in [0.717, 1.165) is 5.56 Å². The van der Waals surface area contributed by atoms with Crippen LogP contribution >= 0.6 is 0 Å². The predicted octanol–water partition coefficient (Wildman–Crippen LogP) is 5.35. The first-order valence-corrected chi connectivity index (χ1v) is 15.2. The Bertz CT molecular complexity index is 1130. The molecule has 4 rings (SSSR count). The number of rotatable bonds is 7. The van der Waals surface area contributed by atoms with Crippen molar-refractivity contribution >= 4 is 19.9 Å². The van der Waals surface area contributed by atoms with Crippen molar-refractivity contribution < 1.29 is 23.3 Å². The summed E-state index contributed by atoms with van der Waals surface area (Å²) in [6.07, 6.45) is 3.88. The Labute approximate surface area is 208 Å². The standard InChI is InChI=1S/C27H36N2O5Si/c1-8-29(5)22-19-15-12-16-20(30)27(19,34-35(6,7)26(2,3)4)24(31)21-23(22)33-28-25(21)32-17-18-13-10-9-11-14-18/h9-14,16,19,22H,8,15,17H2,1-7H3/t19-,22-,27-/m0/s1. The van der Waals surface area contributed by atoms with E-state index in [9.17, 15) is 9.59 Å². The Balaban J connectivity index is 1.86. The lowest BCUT2D eigenvalue weighted by molar-refractivity contribution is -0.135. The Morgan fingerprint density at radius 3 is 2.51 bits per heavy atom. The summed E-state index contributed by atoms with van der Waals surface area (Å²) in [5.74, 6) is -0.568. The van der Waals surface area contributed by atoms with Crippen molar-refractivity contribution in [1.82, 2.24) is 10.1 Å². The minimum Gasteiger partial charge on any atom is -0.470 e. The number of fused-ring (bicyclic) bond motifs is 2. The summed E-state index contributed by atoms with van der Waals surface area (Å²) in [5, 5.41) is 3.98. The van der Waals surface area contributed by atoms with Crippen molar-refractivity contribution in [3.63, 3.8) is 0 Å². The van der Waals surface area contributed by atoms with Crippen LogP contribution in [0.25, 0.3) is 0 Å². The van der Waals surface area contributed by atoms with Gasteiger partial charge in [0.05, 0.1) is 6.04 Å². The molecule has 1 heterocycles. The molecule has 0 spiro atoms. The second kappa shape index (κ2) is 9.15. The molecule has 188 valence electrons. The molecule has 1 aromatic carbocycles. The van der Waals surface area contributed by atoms with Gasteiger partial charge in [0, 0.05) is 5.92 Å². The fourth-order valence-electron chi connectivity index (χ4n) is 4.75. The summed E-state index contributed by atoms with van der Waals surface area (Å²) in [6.45, 7) is 13.4. The molecule has 1 aromatic heterocycles. The van der Waals surface area contributed by atoms with Crippen molar-refractivity contribution in [2.24, 2.45) is 5.92 Å². The zero-order valence-corrected chi connectivity index (χ0v) is 22.8. The highest BCUT2D eigenvalue weighted by atomic mass is 28.4. The van der Waals surface area contributed by atoms with E-state index in [-0.39, 0.29) is 34.9 Å². The molecule has 0 N–H and O–H groups in total. The first-order chi connectivity index (χ1) is 16.4. The molecule has 0 radical (unpaired) electrons. The molecule has 8 heteroatoms. The zero-order chi connectivity index (χ0) is 25.6. The van der Waals surface area contributed by atoms with E-state index in [0.29, 0.717) is 18.7 Å². The topological polar surface area (TPSA) is 81.9 Å². The van der Waals surface area contributed by atoms with Crippen LogP contribution in [-0.4, -0.2) is 49.1 Å². The molecule has 2 aliphatic rings. The predicted molar refractivity (Wildman–Crippen MR) is 136 cm³/mol. The van der Waals surface area contributed by atoms with Gasteiger partial charge in [0.1, 0.15) is 12.2 Å². The van der Waals surface area contributed by atoms with Gasteiger partial charge in [-0.15, -0.1) is 0 Å². The van der Waals surface area contributed by atoms with E-state index in [1.165, 1.54) is 6.08 Å². The van der Waals surface area contributed by atoms with Crippen molar-refractivity contribution in [2.75, 3.05) is 13.6 Å². The molecule has 0 saturated heterocycles. The fourth-order valence-corrected chi connectivity index (χ4v) is 6.20. The van der Waals surface area contributed by atoms with Gasteiger partial charge < -0.3 is 13.7 Å². The quantitative estimate of drug-likeness (QED) is 0.377. The maximum Gasteiger partial charge on any atom is 0.265 e. The number of hydrogen-bond donors (Lipinski definition) is 0. The molecule has 0 saturated carbocycles. The van der Waals surface area contributed by atoms with Crippen LogP contribution in [-0.2, 0) is 15.8 Å². The number of carbonyl (C=O) groups is 2. The first kappa shape index (κ1) is 25.5. The van der Waals surface area contributed by atoms with E-state index in [4.69, 9.17) is 13.7 Å². The second-order valence-corrected chi connectivity index (χ2v) is 15.8. The molecule has 0 unspecified atom stereocenters. The van der Waals surface area contributed by atoms with E-state index in [1.807, 2.05) is 50.4 Å². The molecule has 2 aromatic rings. The number of ketones is 2. The average Bonchev–Trinajstić information content (AvgIpc) is 3.22. The van der Waals surface area contributed by atoms with Gasteiger partial charge in [0.2, 0.25) is 5.78 Å². The molecule has 3 atom stereocenters. The number of hydrogen-bond acceptors (Lipinski definition) is 7. The van der Waals surface area contributed by atoms with E-state index >= 15 is 0 Å². The van der Waals surface area contributed by atoms with E-state index in [1.54, 1.807) is 0 Å². The van der Waals surface area contributed by atoms with Gasteiger partial charge in [-0.2, -0.15) is 0 Å². The van der Waals surface area contributed by atoms with Crippen LogP contribution < -0.4 is 4.74 Å². The third-order valence-corrected chi connectivity index (χ3v) is 12.3. The summed E-state index contributed by atoms with van der Waals surface area (Å²) in [7, 11) is -0.574. The molecule has 0 aliphatic heterocycles. The van der Waals surface area contributed by atoms with Crippen LogP contribution in [0.2, 0.25) is 18.1 Å². The number of benzene rings is 1. The van der Waals surface area contributed by atoms with Crippen LogP contribution in [0.5, 0.6) is 5.88 Å². The van der Waals surface area contributed by atoms with Gasteiger partial charge in [0.25, 0.3) is 5.88 Å². The Kier molecular flexibility index (Phi) is 6.68. The number of aromatic nitrogens is 1. The maximum absolute atomic E-state index is 14.4. The fraction of sp³-hybridized carbons (Fsp3) is 0.519. The smallest absolute Gasteiger partial charge is 0.265 e. The number of ether oxygens (including phenoxy) is 1. The van der Waals surface area contributed by atoms with Crippen LogP contribution in [0.15, 0.2) is 47.0 Å². The van der Waals surface area contributed by atoms with Crippen molar-refractivity contribution in [2.45, 2.75) is 70.5 Å². The lowest BCUT2D eigenvalue weighted by Gasteiger charge is -2.52. The summed E-state index contributed by atoms with van der Waals surface area (Å²) in [6, 6.07) is 9.31. The van der Waals surface area contributed by atoms with Gasteiger partial charge >= 0.3 is 0 Å². The Morgan fingerprint density at radius 1 is 1.20 bits per heavy atom. The monoisotopic (exact) mass is 496 g/mol. The van der Waals surface area contributed by atoms with Crippen molar-refractivity contribution in [1.29, 1.82) is 0 Å². The highest BCUT2D eigenvalue weighted by molar-refractivity contribution is 6.74. The summed E-state index contributed by atoms with van der Waals surface area (Å²) >= 11 is 0. The van der Waals surface area contributed by atoms with Gasteiger partial charge in [-0.05, 0) is 54.9 Å². The van der Waals surface area contributed by atoms with Crippen LogP contribution in [0.1, 0.15) is 61.8 Å². The Hall–Kier alpha value is -2.55. The average molecular weight is 497 g/mol. The number of carbonyl (C=O) groups excluding carboxylic acids is 2. The minimum atomic E-state index is -2.54. The third kappa shape index (κ3) is 4.21. The van der Waals surface area contributed by atoms with Gasteiger partial charge in [0.15, 0.2) is 25.5 Å². The van der Waals surface area contributed by atoms with E-state index < -0.39 is 25.6 Å². The highest BCUT2D eigenvalue weighted by Gasteiger charge is 2.65. The number of nitrogens with zero attached hydrogens (tertiary/aromatic N) is 2. The van der Waals surface area contributed by atoms with E-state index in [2.05, 4.69) is 43.9 Å². The zero-order valence-electron chi connectivity index (χ0n) is 21.8. The Morgan fingerprint density at radius 2 is 1.89 bits per heavy atom. The maximum atomic E-state index is 14.4. The molecule has 2 aliphatic carbocycles. The van der Waals surface area contributed by atoms with Crippen molar-refractivity contribution in [3.8, 4) is 5.88 Å². The van der Waals surface area contributed by atoms with Crippen LogP contribution in [0.4, 0.5) is 0 Å². The second-order valence-electron chi connectivity index (χ2n) is 11.1. The normalized spacial score (nSPS) is 24.5. The van der Waals surface area contributed by atoms with Gasteiger partial charge in [-0.3, -0.25) is 14.5 Å². The lowest BCUT2D eigenvalue weighted by atomic mass is 9.65. The minimum absolute atomic E-state index is 0.113. The van der Waals surface area contributed by atoms with Crippen LogP contribution in [0.3, 0.4) is 0 Å². The largest absolute Gasteiger partial charge is 0.470 e. The summed E-state index contributed by atoms with van der Waals surface area (Å²) < 4.78 is 18.7. The first-order valence-electron chi connectivity index (χ1n) is 12.3. The lowest BCUT2D eigenvalue weighted by Crippen LogP contribution is -2.66. The SMILES string of the molecule is CCN(C)[C@@H]1c2onc(OCc3ccccc3)c2C(=O)[C@@]2(O[Si](C)(C)C(C)(C)C)C(=O)C=CC[C@@H]12. The molecule has 0 fully saturated rings. The molecule has 0 amide bonds. The highest BCUT2D eigenvalue weighted by Crippen LogP contribution is 2.54. The third-order valence-electron chi connectivity index (χ3n) is 7.86. The van der Waals surface area contributed by atoms with Gasteiger partial charge in [-0.1, -0.05) is 64.1 Å². The summed E-state index contributed by atoms with van der Waals surface area (Å²) in [4.78, 5) is 30.2. The van der Waals surface area contributed by atoms with Crippen LogP contribution in [0, 0.1) is 5.92 Å². The number of Topliss-reactive ketones (excluding diaryl/α,β-unsaturated/α-hetero) is 1. The number of allylic oxidation sites excluding steroid dienone is 1. The summed E-state index contributed by atoms with van der Waals surface area (Å²) in [5.41, 5.74) is -0.462.